The van der Waals surface area contributed by atoms with Crippen LogP contribution in [-0.4, -0.2) is 87.5 Å². The molecule has 0 aromatic carbocycles. The van der Waals surface area contributed by atoms with Gasteiger partial charge in [-0.1, -0.05) is 193 Å². The molecule has 1 amide bonds. The summed E-state index contributed by atoms with van der Waals surface area (Å²) in [6.07, 6.45) is 36.5. The first-order valence-corrected chi connectivity index (χ1v) is 23.9. The average molecular weight is 798 g/mol. The number of hydrogen-bond donors (Lipinski definition) is 6. The van der Waals surface area contributed by atoms with Crippen molar-refractivity contribution >= 4 is 5.91 Å². The van der Waals surface area contributed by atoms with E-state index >= 15 is 0 Å². The molecule has 0 aliphatic carbocycles. The lowest BCUT2D eigenvalue weighted by Crippen LogP contribution is -2.60. The molecular formula is C47H91NO8. The zero-order valence-electron chi connectivity index (χ0n) is 36.4. The maximum absolute atomic E-state index is 13.0. The van der Waals surface area contributed by atoms with E-state index in [9.17, 15) is 30.3 Å². The SMILES string of the molecule is CCCCCCCCCC/C=C/CCCC[C@@H](O)[C@H](CO[C@H]1O[C@@H](CO)[C@H](O)C(O)C1O)NC(=O)CCCCCCCCCCCCCCCCCCCCC. The minimum Gasteiger partial charge on any atom is -0.394 e. The Morgan fingerprint density at radius 2 is 1.00 bits per heavy atom. The van der Waals surface area contributed by atoms with Crippen molar-refractivity contribution in [3.05, 3.63) is 12.2 Å². The van der Waals surface area contributed by atoms with E-state index in [4.69, 9.17) is 9.47 Å². The van der Waals surface area contributed by atoms with Crippen molar-refractivity contribution in [1.82, 2.24) is 5.32 Å². The van der Waals surface area contributed by atoms with Gasteiger partial charge in [-0.15, -0.1) is 0 Å². The second-order valence-electron chi connectivity index (χ2n) is 16.9. The van der Waals surface area contributed by atoms with Gasteiger partial charge in [-0.05, 0) is 38.5 Å². The highest BCUT2D eigenvalue weighted by Crippen LogP contribution is 2.23. The predicted octanol–water partition coefficient (Wildman–Crippen LogP) is 10.1. The number of carbonyl (C=O) groups is 1. The number of ether oxygens (including phenoxy) is 2. The third-order valence-electron chi connectivity index (χ3n) is 11.6. The topological polar surface area (TPSA) is 149 Å². The summed E-state index contributed by atoms with van der Waals surface area (Å²) in [7, 11) is 0. The summed E-state index contributed by atoms with van der Waals surface area (Å²) in [5, 5.41) is 54.3. The normalized spacial score (nSPS) is 21.2. The van der Waals surface area contributed by atoms with Gasteiger partial charge in [0.15, 0.2) is 6.29 Å². The molecule has 1 heterocycles. The molecule has 1 rings (SSSR count). The van der Waals surface area contributed by atoms with Crippen LogP contribution in [0.3, 0.4) is 0 Å². The van der Waals surface area contributed by atoms with Gasteiger partial charge in [-0.3, -0.25) is 4.79 Å². The Labute approximate surface area is 344 Å². The molecule has 0 aromatic heterocycles. The molecule has 0 radical (unpaired) electrons. The van der Waals surface area contributed by atoms with Crippen molar-refractivity contribution < 1.29 is 39.8 Å². The number of aliphatic hydroxyl groups is 5. The second kappa shape index (κ2) is 38.2. The van der Waals surface area contributed by atoms with Crippen molar-refractivity contribution in [1.29, 1.82) is 0 Å². The highest BCUT2D eigenvalue weighted by molar-refractivity contribution is 5.76. The van der Waals surface area contributed by atoms with Gasteiger partial charge in [0.1, 0.15) is 24.4 Å². The van der Waals surface area contributed by atoms with E-state index in [1.807, 2.05) is 0 Å². The lowest BCUT2D eigenvalue weighted by atomic mass is 9.99. The summed E-state index contributed by atoms with van der Waals surface area (Å²) >= 11 is 0. The summed E-state index contributed by atoms with van der Waals surface area (Å²) in [5.41, 5.74) is 0. The van der Waals surface area contributed by atoms with Gasteiger partial charge >= 0.3 is 0 Å². The predicted molar refractivity (Wildman–Crippen MR) is 231 cm³/mol. The highest BCUT2D eigenvalue weighted by Gasteiger charge is 2.44. The van der Waals surface area contributed by atoms with Crippen LogP contribution in [0.15, 0.2) is 12.2 Å². The van der Waals surface area contributed by atoms with Crippen LogP contribution < -0.4 is 5.32 Å². The van der Waals surface area contributed by atoms with E-state index in [2.05, 4.69) is 31.3 Å². The Balaban J connectivity index is 2.30. The highest BCUT2D eigenvalue weighted by atomic mass is 16.7. The van der Waals surface area contributed by atoms with E-state index in [-0.39, 0.29) is 12.5 Å². The molecule has 0 aromatic rings. The number of aliphatic hydroxyl groups excluding tert-OH is 5. The Hall–Kier alpha value is -1.07. The molecule has 9 nitrogen and oxygen atoms in total. The van der Waals surface area contributed by atoms with Gasteiger partial charge in [0.2, 0.25) is 5.91 Å². The fourth-order valence-corrected chi connectivity index (χ4v) is 7.74. The number of rotatable bonds is 40. The minimum absolute atomic E-state index is 0.146. The zero-order chi connectivity index (χ0) is 40.9. The maximum Gasteiger partial charge on any atom is 0.220 e. The number of hydrogen-bond acceptors (Lipinski definition) is 8. The van der Waals surface area contributed by atoms with E-state index < -0.39 is 49.5 Å². The number of amides is 1. The maximum atomic E-state index is 13.0. The van der Waals surface area contributed by atoms with Gasteiger partial charge in [0.05, 0.1) is 25.4 Å². The molecule has 0 saturated carbocycles. The van der Waals surface area contributed by atoms with Crippen LogP contribution in [0.4, 0.5) is 0 Å². The molecule has 2 unspecified atom stereocenters. The first kappa shape index (κ1) is 52.9. The molecule has 9 heteroatoms. The standard InChI is InChI=1S/C47H91NO8/c1-3-5-7-9-11-13-15-17-19-20-21-22-23-25-27-29-31-33-35-37-43(51)48-40(39-55-47-46(54)45(53)44(52)42(38-49)56-47)41(50)36-34-32-30-28-26-24-18-16-14-12-10-8-6-4-2/h26,28,40-42,44-47,49-50,52-54H,3-25,27,29-39H2,1-2H3,(H,48,51)/b28-26+/t40-,41+,42-,44-,45?,46?,47-/m0/s1. The first-order valence-electron chi connectivity index (χ1n) is 23.9. The van der Waals surface area contributed by atoms with Crippen molar-refractivity contribution in [2.45, 2.75) is 269 Å². The number of allylic oxidation sites excluding steroid dienone is 2. The Bertz CT molecular complexity index is 888. The molecule has 1 saturated heterocycles. The molecule has 6 N–H and O–H groups in total. The fourth-order valence-electron chi connectivity index (χ4n) is 7.74. The second-order valence-corrected chi connectivity index (χ2v) is 16.9. The molecule has 1 fully saturated rings. The van der Waals surface area contributed by atoms with Crippen LogP contribution in [0, 0.1) is 0 Å². The average Bonchev–Trinajstić information content (AvgIpc) is 3.20. The molecule has 56 heavy (non-hydrogen) atoms. The molecule has 1 aliphatic rings. The van der Waals surface area contributed by atoms with Gasteiger partial charge < -0.3 is 40.3 Å². The largest absolute Gasteiger partial charge is 0.394 e. The van der Waals surface area contributed by atoms with Gasteiger partial charge in [-0.2, -0.15) is 0 Å². The van der Waals surface area contributed by atoms with Crippen LogP contribution in [-0.2, 0) is 14.3 Å². The Morgan fingerprint density at radius 1 is 0.589 bits per heavy atom. The summed E-state index contributed by atoms with van der Waals surface area (Å²) in [4.78, 5) is 13.0. The minimum atomic E-state index is -1.55. The summed E-state index contributed by atoms with van der Waals surface area (Å²) in [6.45, 7) is 3.83. The monoisotopic (exact) mass is 798 g/mol. The van der Waals surface area contributed by atoms with E-state index in [0.29, 0.717) is 12.8 Å². The van der Waals surface area contributed by atoms with E-state index in [0.717, 1.165) is 44.9 Å². The van der Waals surface area contributed by atoms with Crippen molar-refractivity contribution in [2.75, 3.05) is 13.2 Å². The van der Waals surface area contributed by atoms with E-state index in [1.54, 1.807) is 0 Å². The van der Waals surface area contributed by atoms with Crippen LogP contribution >= 0.6 is 0 Å². The lowest BCUT2D eigenvalue weighted by molar-refractivity contribution is -0.302. The Morgan fingerprint density at radius 3 is 1.45 bits per heavy atom. The van der Waals surface area contributed by atoms with Crippen molar-refractivity contribution in [2.24, 2.45) is 0 Å². The number of carbonyl (C=O) groups excluding carboxylic acids is 1. The summed E-state index contributed by atoms with van der Waals surface area (Å²) in [6, 6.07) is -0.729. The van der Waals surface area contributed by atoms with Gasteiger partial charge in [0.25, 0.3) is 0 Å². The fraction of sp³-hybridized carbons (Fsp3) is 0.936. The van der Waals surface area contributed by atoms with Crippen LogP contribution in [0.5, 0.6) is 0 Å². The van der Waals surface area contributed by atoms with Crippen LogP contribution in [0.2, 0.25) is 0 Å². The summed E-state index contributed by atoms with van der Waals surface area (Å²) < 4.78 is 11.2. The lowest BCUT2D eigenvalue weighted by Gasteiger charge is -2.40. The molecule has 0 spiro atoms. The Kier molecular flexibility index (Phi) is 36.1. The number of unbranched alkanes of at least 4 members (excludes halogenated alkanes) is 28. The smallest absolute Gasteiger partial charge is 0.220 e. The van der Waals surface area contributed by atoms with Gasteiger partial charge in [0, 0.05) is 6.42 Å². The zero-order valence-corrected chi connectivity index (χ0v) is 36.4. The third kappa shape index (κ3) is 28.4. The van der Waals surface area contributed by atoms with Crippen LogP contribution in [0.1, 0.15) is 226 Å². The molecule has 7 atom stereocenters. The first-order chi connectivity index (χ1) is 27.3. The quantitative estimate of drug-likeness (QED) is 0.0265. The third-order valence-corrected chi connectivity index (χ3v) is 11.6. The molecule has 1 aliphatic heterocycles. The summed E-state index contributed by atoms with van der Waals surface area (Å²) in [5.74, 6) is -0.151. The van der Waals surface area contributed by atoms with Crippen molar-refractivity contribution in [3.8, 4) is 0 Å². The molecular weight excluding hydrogens is 707 g/mol. The van der Waals surface area contributed by atoms with E-state index in [1.165, 1.54) is 154 Å². The molecule has 332 valence electrons. The van der Waals surface area contributed by atoms with Crippen LogP contribution in [0.25, 0.3) is 0 Å². The molecule has 0 bridgehead atoms. The van der Waals surface area contributed by atoms with Crippen molar-refractivity contribution in [3.63, 3.8) is 0 Å². The van der Waals surface area contributed by atoms with Gasteiger partial charge in [-0.25, -0.2) is 0 Å². The number of nitrogens with one attached hydrogen (secondary N) is 1.